The molecule has 0 saturated carbocycles. The largest absolute Gasteiger partial charge is 0.470 e. The van der Waals surface area contributed by atoms with Gasteiger partial charge in [0, 0.05) is 13.1 Å². The van der Waals surface area contributed by atoms with Crippen molar-refractivity contribution in [2.24, 2.45) is 0 Å². The second kappa shape index (κ2) is 10.5. The Morgan fingerprint density at radius 1 is 1.16 bits per heavy atom. The molecule has 1 aliphatic rings. The summed E-state index contributed by atoms with van der Waals surface area (Å²) in [5.74, 6) is -0.828. The third kappa shape index (κ3) is 6.34. The number of nitrogens with zero attached hydrogens (tertiary/aromatic N) is 2. The van der Waals surface area contributed by atoms with Gasteiger partial charge >= 0.3 is 0 Å². The summed E-state index contributed by atoms with van der Waals surface area (Å²) in [5.41, 5.74) is 1.85. The third-order valence-electron chi connectivity index (χ3n) is 4.24. The van der Waals surface area contributed by atoms with Gasteiger partial charge in [-0.2, -0.15) is 4.98 Å². The Balaban J connectivity index is 1.69. The summed E-state index contributed by atoms with van der Waals surface area (Å²) in [6.07, 6.45) is 6.61. The van der Waals surface area contributed by atoms with Crippen LogP contribution in [0, 0.1) is 0 Å². The van der Waals surface area contributed by atoms with Gasteiger partial charge in [-0.3, -0.25) is 9.52 Å². The number of aromatic nitrogens is 2. The van der Waals surface area contributed by atoms with E-state index in [1.54, 1.807) is 0 Å². The fourth-order valence-corrected chi connectivity index (χ4v) is 4.04. The molecule has 1 atom stereocenters. The van der Waals surface area contributed by atoms with Crippen LogP contribution in [-0.2, 0) is 28.0 Å². The van der Waals surface area contributed by atoms with Gasteiger partial charge in [0.1, 0.15) is 6.61 Å². The van der Waals surface area contributed by atoms with E-state index in [4.69, 9.17) is 21.4 Å². The van der Waals surface area contributed by atoms with Gasteiger partial charge in [-0.15, -0.1) is 0 Å². The van der Waals surface area contributed by atoms with Crippen LogP contribution in [0.25, 0.3) is 0 Å². The molecular weight excluding hydrogens is 444 g/mol. The van der Waals surface area contributed by atoms with Crippen molar-refractivity contribution in [2.45, 2.75) is 18.4 Å². The first kappa shape index (κ1) is 22.9. The zero-order valence-corrected chi connectivity index (χ0v) is 17.9. The lowest BCUT2D eigenvalue weighted by molar-refractivity contribution is -0.113. The van der Waals surface area contributed by atoms with Crippen molar-refractivity contribution in [3.05, 3.63) is 71.0 Å². The Hall–Kier alpha value is -2.79. The number of hydrogen-bond acceptors (Lipinski definition) is 8. The molecule has 0 saturated heterocycles. The van der Waals surface area contributed by atoms with Crippen molar-refractivity contribution in [3.63, 3.8) is 0 Å². The average molecular weight is 465 g/mol. The number of hydrogen-bond donors (Lipinski definition) is 3. The summed E-state index contributed by atoms with van der Waals surface area (Å²) in [4.78, 5) is 19.9. The number of sulfonamides is 1. The smallest absolute Gasteiger partial charge is 0.260 e. The normalized spacial score (nSPS) is 15.8. The van der Waals surface area contributed by atoms with Crippen LogP contribution < -0.4 is 14.8 Å². The summed E-state index contributed by atoms with van der Waals surface area (Å²) in [6, 6.07) is 7.53. The highest BCUT2D eigenvalue weighted by Gasteiger charge is 2.31. The number of nitrogens with one attached hydrogen (secondary N) is 2. The molecule has 0 amide bonds. The molecule has 0 aliphatic heterocycles. The van der Waals surface area contributed by atoms with Crippen molar-refractivity contribution in [2.75, 3.05) is 17.9 Å². The fraction of sp³-hybridized carbons (Fsp3) is 0.250. The van der Waals surface area contributed by atoms with Gasteiger partial charge < -0.3 is 15.2 Å². The Bertz CT molecular complexity index is 1090. The van der Waals surface area contributed by atoms with Crippen molar-refractivity contribution in [1.29, 1.82) is 0 Å². The van der Waals surface area contributed by atoms with E-state index in [2.05, 4.69) is 20.0 Å². The van der Waals surface area contributed by atoms with Gasteiger partial charge in [0.05, 0.1) is 12.8 Å². The van der Waals surface area contributed by atoms with E-state index in [9.17, 15) is 13.2 Å². The second-order valence-corrected chi connectivity index (χ2v) is 8.76. The highest BCUT2D eigenvalue weighted by Crippen LogP contribution is 2.25. The standard InChI is InChI=1S/C20H21ClN4O5S/c21-18-12-23-19(25-31(28,29)17-4-2-1-3-16(17)27)20(24-18)30-13-15-7-5-14(6-8-15)11-22-9-10-26/h1-8,12,17,22,26H,9-11,13H2,(H,23,25). The molecule has 0 bridgehead atoms. The Morgan fingerprint density at radius 3 is 2.61 bits per heavy atom. The molecule has 1 aliphatic carbocycles. The van der Waals surface area contributed by atoms with E-state index < -0.39 is 21.1 Å². The predicted molar refractivity (Wildman–Crippen MR) is 116 cm³/mol. The number of anilines is 1. The number of benzene rings is 1. The van der Waals surface area contributed by atoms with Gasteiger partial charge in [-0.25, -0.2) is 13.4 Å². The van der Waals surface area contributed by atoms with Gasteiger partial charge in [0.2, 0.25) is 15.8 Å². The molecule has 3 rings (SSSR count). The first-order valence-electron chi connectivity index (χ1n) is 9.34. The lowest BCUT2D eigenvalue weighted by atomic mass is 10.1. The summed E-state index contributed by atoms with van der Waals surface area (Å²) in [7, 11) is -4.11. The fourth-order valence-electron chi connectivity index (χ4n) is 2.70. The molecule has 1 heterocycles. The van der Waals surface area contributed by atoms with Gasteiger partial charge in [0.25, 0.3) is 5.88 Å². The molecule has 11 heteroatoms. The number of ketones is 1. The van der Waals surface area contributed by atoms with Crippen LogP contribution in [0.2, 0.25) is 5.15 Å². The van der Waals surface area contributed by atoms with Crippen LogP contribution in [0.1, 0.15) is 11.1 Å². The zero-order valence-electron chi connectivity index (χ0n) is 16.4. The number of rotatable bonds is 10. The third-order valence-corrected chi connectivity index (χ3v) is 5.96. The minimum absolute atomic E-state index is 0.0276. The lowest BCUT2D eigenvalue weighted by Crippen LogP contribution is -2.33. The van der Waals surface area contributed by atoms with Gasteiger partial charge in [-0.1, -0.05) is 54.1 Å². The molecule has 2 aromatic rings. The van der Waals surface area contributed by atoms with Gasteiger partial charge in [-0.05, 0) is 17.2 Å². The van der Waals surface area contributed by atoms with E-state index in [-0.39, 0.29) is 30.1 Å². The highest BCUT2D eigenvalue weighted by molar-refractivity contribution is 7.94. The SMILES string of the molecule is O=C1C=CC=CC1S(=O)(=O)Nc1ncc(Cl)nc1OCc1ccc(CNCCO)cc1. The summed E-state index contributed by atoms with van der Waals surface area (Å²) in [5, 5.41) is 10.5. The molecule has 1 unspecified atom stereocenters. The maximum atomic E-state index is 12.6. The van der Waals surface area contributed by atoms with Crippen LogP contribution in [0.4, 0.5) is 5.82 Å². The molecule has 1 aromatic carbocycles. The molecule has 0 fully saturated rings. The van der Waals surface area contributed by atoms with E-state index in [0.717, 1.165) is 11.1 Å². The number of carbonyl (C=O) groups is 1. The van der Waals surface area contributed by atoms with E-state index in [1.165, 1.54) is 30.5 Å². The van der Waals surface area contributed by atoms with Crippen molar-refractivity contribution in [3.8, 4) is 5.88 Å². The zero-order chi connectivity index (χ0) is 22.3. The van der Waals surface area contributed by atoms with Crippen LogP contribution in [-0.4, -0.2) is 47.7 Å². The Labute approximate surface area is 184 Å². The topological polar surface area (TPSA) is 131 Å². The Morgan fingerprint density at radius 2 is 1.90 bits per heavy atom. The summed E-state index contributed by atoms with van der Waals surface area (Å²) < 4.78 is 33.2. The molecular formula is C20H21ClN4O5S. The first-order valence-corrected chi connectivity index (χ1v) is 11.3. The minimum Gasteiger partial charge on any atom is -0.470 e. The van der Waals surface area contributed by atoms with E-state index in [0.29, 0.717) is 13.1 Å². The van der Waals surface area contributed by atoms with Crippen molar-refractivity contribution >= 4 is 33.2 Å². The number of carbonyl (C=O) groups excluding carboxylic acids is 1. The summed E-state index contributed by atoms with van der Waals surface area (Å²) >= 11 is 5.89. The van der Waals surface area contributed by atoms with Crippen LogP contribution in [0.15, 0.2) is 54.8 Å². The second-order valence-electron chi connectivity index (χ2n) is 6.57. The molecule has 3 N–H and O–H groups in total. The van der Waals surface area contributed by atoms with Gasteiger partial charge in [0.15, 0.2) is 16.2 Å². The van der Waals surface area contributed by atoms with Crippen LogP contribution in [0.3, 0.4) is 0 Å². The molecule has 1 aromatic heterocycles. The van der Waals surface area contributed by atoms with Crippen molar-refractivity contribution in [1.82, 2.24) is 15.3 Å². The lowest BCUT2D eigenvalue weighted by Gasteiger charge is -2.16. The van der Waals surface area contributed by atoms with Crippen LogP contribution >= 0.6 is 11.6 Å². The quantitative estimate of drug-likeness (QED) is 0.452. The maximum Gasteiger partial charge on any atom is 0.260 e. The molecule has 31 heavy (non-hydrogen) atoms. The number of aliphatic hydroxyl groups excluding tert-OH is 1. The van der Waals surface area contributed by atoms with E-state index >= 15 is 0 Å². The minimum atomic E-state index is -4.11. The predicted octanol–water partition coefficient (Wildman–Crippen LogP) is 1.60. The van der Waals surface area contributed by atoms with E-state index in [1.807, 2.05) is 24.3 Å². The maximum absolute atomic E-state index is 12.6. The molecule has 0 radical (unpaired) electrons. The number of allylic oxidation sites excluding steroid dienone is 3. The molecule has 164 valence electrons. The summed E-state index contributed by atoms with van der Waals surface area (Å²) in [6.45, 7) is 1.30. The Kier molecular flexibility index (Phi) is 7.75. The highest BCUT2D eigenvalue weighted by atomic mass is 35.5. The molecule has 9 nitrogen and oxygen atoms in total. The first-order chi connectivity index (χ1) is 14.9. The van der Waals surface area contributed by atoms with Crippen molar-refractivity contribution < 1.29 is 23.1 Å². The van der Waals surface area contributed by atoms with Crippen LogP contribution in [0.5, 0.6) is 5.88 Å². The molecule has 0 spiro atoms. The number of ether oxygens (including phenoxy) is 1. The number of halogens is 1. The monoisotopic (exact) mass is 464 g/mol. The number of aliphatic hydroxyl groups is 1. The average Bonchev–Trinajstić information content (AvgIpc) is 2.75.